The minimum absolute atomic E-state index is 0.0219. The number of phenolic OH excluding ortho intramolecular Hbond substituents is 1. The van der Waals surface area contributed by atoms with Crippen LogP contribution in [0.1, 0.15) is 41.9 Å². The van der Waals surface area contributed by atoms with Gasteiger partial charge < -0.3 is 15.2 Å². The summed E-state index contributed by atoms with van der Waals surface area (Å²) in [5.41, 5.74) is 0.907. The lowest BCUT2D eigenvalue weighted by Gasteiger charge is -2.12. The molecule has 1 unspecified atom stereocenters. The molecule has 2 N–H and O–H groups in total. The Bertz CT molecular complexity index is 1200. The van der Waals surface area contributed by atoms with Crippen molar-refractivity contribution in [2.45, 2.75) is 46.0 Å². The molecule has 1 atom stereocenters. The van der Waals surface area contributed by atoms with Crippen molar-refractivity contribution in [1.82, 2.24) is 9.88 Å². The van der Waals surface area contributed by atoms with E-state index in [-0.39, 0.29) is 29.4 Å². The van der Waals surface area contributed by atoms with E-state index in [0.717, 1.165) is 36.4 Å². The summed E-state index contributed by atoms with van der Waals surface area (Å²) < 4.78 is 56.3. The van der Waals surface area contributed by atoms with Gasteiger partial charge in [0.15, 0.2) is 11.6 Å². The summed E-state index contributed by atoms with van der Waals surface area (Å²) in [7, 11) is 0. The lowest BCUT2D eigenvalue weighted by atomic mass is 10.1. The molecule has 0 bridgehead atoms. The number of benzene rings is 2. The van der Waals surface area contributed by atoms with E-state index in [1.807, 2.05) is 13.8 Å². The Morgan fingerprint density at radius 3 is 2.39 bits per heavy atom. The quantitative estimate of drug-likeness (QED) is 0.510. The van der Waals surface area contributed by atoms with Gasteiger partial charge in [-0.3, -0.25) is 14.2 Å². The third-order valence-corrected chi connectivity index (χ3v) is 5.30. The van der Waals surface area contributed by atoms with Crippen LogP contribution in [-0.2, 0) is 11.2 Å². The highest BCUT2D eigenvalue weighted by Crippen LogP contribution is 2.32. The average molecular weight is 466 g/mol. The molecule has 6 nitrogen and oxygen atoms in total. The van der Waals surface area contributed by atoms with Gasteiger partial charge in [-0.25, -0.2) is 4.39 Å². The molecule has 10 heteroatoms. The van der Waals surface area contributed by atoms with Crippen LogP contribution in [-0.4, -0.2) is 33.9 Å². The third-order valence-electron chi connectivity index (χ3n) is 5.30. The van der Waals surface area contributed by atoms with E-state index in [9.17, 15) is 32.3 Å². The highest BCUT2D eigenvalue weighted by molar-refractivity contribution is 6.05. The largest absolute Gasteiger partial charge is 0.573 e. The Hall–Kier alpha value is -3.56. The zero-order chi connectivity index (χ0) is 24.5. The molecule has 1 aromatic heterocycles. The molecule has 0 aliphatic heterocycles. The number of amides is 1. The maximum absolute atomic E-state index is 14.1. The first-order valence-electron chi connectivity index (χ1n) is 10.1. The van der Waals surface area contributed by atoms with Crippen molar-refractivity contribution in [2.75, 3.05) is 0 Å². The van der Waals surface area contributed by atoms with Gasteiger partial charge in [0.25, 0.3) is 5.91 Å². The number of hydrogen-bond acceptors (Lipinski definition) is 4. The summed E-state index contributed by atoms with van der Waals surface area (Å²) >= 11 is 0. The Morgan fingerprint density at radius 2 is 1.82 bits per heavy atom. The number of nitrogens with one attached hydrogen (secondary N) is 1. The fraction of sp³-hybridized carbons (Fsp3) is 0.304. The second-order valence-corrected chi connectivity index (χ2v) is 7.65. The number of fused-ring (bicyclic) bond motifs is 1. The molecule has 0 radical (unpaired) electrons. The predicted octanol–water partition coefficient (Wildman–Crippen LogP) is 4.84. The van der Waals surface area contributed by atoms with Crippen LogP contribution in [0.25, 0.3) is 10.9 Å². The van der Waals surface area contributed by atoms with E-state index in [2.05, 4.69) is 10.1 Å². The molecule has 0 saturated heterocycles. The number of carbonyl (C=O) groups is 2. The lowest BCUT2D eigenvalue weighted by molar-refractivity contribution is -0.274. The van der Waals surface area contributed by atoms with Gasteiger partial charge in [-0.15, -0.1) is 13.2 Å². The predicted molar refractivity (Wildman–Crippen MR) is 113 cm³/mol. The van der Waals surface area contributed by atoms with Crippen LogP contribution in [0.3, 0.4) is 0 Å². The minimum atomic E-state index is -4.87. The van der Waals surface area contributed by atoms with Crippen molar-refractivity contribution in [3.63, 3.8) is 0 Å². The molecular formula is C23H22F4N2O4. The van der Waals surface area contributed by atoms with Crippen LogP contribution < -0.4 is 10.1 Å². The monoisotopic (exact) mass is 466 g/mol. The van der Waals surface area contributed by atoms with Crippen molar-refractivity contribution in [2.24, 2.45) is 0 Å². The summed E-state index contributed by atoms with van der Waals surface area (Å²) in [6.45, 7) is 5.32. The van der Waals surface area contributed by atoms with E-state index in [0.29, 0.717) is 23.1 Å². The topological polar surface area (TPSA) is 80.6 Å². The van der Waals surface area contributed by atoms with Gasteiger partial charge >= 0.3 is 6.36 Å². The molecule has 0 saturated carbocycles. The van der Waals surface area contributed by atoms with Crippen molar-refractivity contribution < 1.29 is 37.0 Å². The molecule has 176 valence electrons. The number of hydrogen-bond donors (Lipinski definition) is 2. The number of halogens is 4. The number of nitrogens with zero attached hydrogens (tertiary/aromatic N) is 1. The van der Waals surface area contributed by atoms with E-state index in [1.54, 1.807) is 6.92 Å². The normalized spacial score (nSPS) is 12.6. The summed E-state index contributed by atoms with van der Waals surface area (Å²) in [6.07, 6.45) is -4.27. The molecule has 1 amide bonds. The van der Waals surface area contributed by atoms with Crippen molar-refractivity contribution in [1.29, 1.82) is 0 Å². The highest BCUT2D eigenvalue weighted by atomic mass is 19.4. The fourth-order valence-electron chi connectivity index (χ4n) is 3.49. The summed E-state index contributed by atoms with van der Waals surface area (Å²) in [4.78, 5) is 25.7. The molecule has 0 aliphatic carbocycles. The first-order valence-corrected chi connectivity index (χ1v) is 10.1. The van der Waals surface area contributed by atoms with E-state index in [4.69, 9.17) is 0 Å². The maximum Gasteiger partial charge on any atom is 0.573 e. The van der Waals surface area contributed by atoms with Gasteiger partial charge in [-0.05, 0) is 56.2 Å². The molecule has 3 rings (SSSR count). The Morgan fingerprint density at radius 1 is 1.18 bits per heavy atom. The maximum atomic E-state index is 14.1. The zero-order valence-electron chi connectivity index (χ0n) is 18.1. The number of carbonyl (C=O) groups excluding carboxylic acids is 2. The molecular weight excluding hydrogens is 444 g/mol. The third kappa shape index (κ3) is 5.27. The van der Waals surface area contributed by atoms with Crippen molar-refractivity contribution >= 4 is 22.7 Å². The van der Waals surface area contributed by atoms with Crippen LogP contribution in [0.2, 0.25) is 0 Å². The number of alkyl halides is 3. The van der Waals surface area contributed by atoms with E-state index >= 15 is 0 Å². The molecule has 0 aliphatic rings. The highest BCUT2D eigenvalue weighted by Gasteiger charge is 2.31. The Kier molecular flexibility index (Phi) is 6.66. The van der Waals surface area contributed by atoms with Crippen LogP contribution in [0, 0.1) is 12.7 Å². The molecule has 0 spiro atoms. The van der Waals surface area contributed by atoms with E-state index < -0.39 is 29.6 Å². The SMILES string of the molecule is CCC(C)NC(=O)Cc1c(C)n(C(=O)c2ccc(OC(F)(F)F)cc2)c2cc(F)c(O)cc12. The number of rotatable bonds is 6. The minimum Gasteiger partial charge on any atom is -0.505 e. The number of aromatic nitrogens is 1. The van der Waals surface area contributed by atoms with Crippen molar-refractivity contribution in [3.8, 4) is 11.5 Å². The van der Waals surface area contributed by atoms with Gasteiger partial charge in [-0.1, -0.05) is 6.92 Å². The molecule has 0 fully saturated rings. The van der Waals surface area contributed by atoms with Crippen LogP contribution >= 0.6 is 0 Å². The van der Waals surface area contributed by atoms with Gasteiger partial charge in [-0.2, -0.15) is 0 Å². The lowest BCUT2D eigenvalue weighted by Crippen LogP contribution is -2.33. The van der Waals surface area contributed by atoms with Gasteiger partial charge in [0.2, 0.25) is 5.91 Å². The standard InChI is InChI=1S/C23H22F4N2O4/c1-4-12(2)28-21(31)10-16-13(3)29(19-11-18(24)20(30)9-17(16)19)22(32)14-5-7-15(8-6-14)33-23(25,26)27/h5-9,11-12,30H,4,10H2,1-3H3,(H,28,31). The zero-order valence-corrected chi connectivity index (χ0v) is 18.1. The van der Waals surface area contributed by atoms with E-state index in [1.165, 1.54) is 4.57 Å². The van der Waals surface area contributed by atoms with Crippen molar-refractivity contribution in [3.05, 3.63) is 59.0 Å². The van der Waals surface area contributed by atoms with Gasteiger partial charge in [0, 0.05) is 28.8 Å². The number of ether oxygens (including phenoxy) is 1. The fourth-order valence-corrected chi connectivity index (χ4v) is 3.49. The van der Waals surface area contributed by atoms with Gasteiger partial charge in [0.1, 0.15) is 5.75 Å². The summed E-state index contributed by atoms with van der Waals surface area (Å²) in [6, 6.07) is 6.35. The molecule has 2 aromatic carbocycles. The van der Waals surface area contributed by atoms with Crippen LogP contribution in [0.4, 0.5) is 17.6 Å². The number of aromatic hydroxyl groups is 1. The van der Waals surface area contributed by atoms with Gasteiger partial charge in [0.05, 0.1) is 11.9 Å². The van der Waals surface area contributed by atoms with Crippen LogP contribution in [0.15, 0.2) is 36.4 Å². The number of phenols is 1. The second kappa shape index (κ2) is 9.13. The Labute approximate surface area is 186 Å². The van der Waals surface area contributed by atoms with Crippen LogP contribution in [0.5, 0.6) is 11.5 Å². The summed E-state index contributed by atoms with van der Waals surface area (Å²) in [5.74, 6) is -3.04. The summed E-state index contributed by atoms with van der Waals surface area (Å²) in [5, 5.41) is 13.0. The second-order valence-electron chi connectivity index (χ2n) is 7.65. The smallest absolute Gasteiger partial charge is 0.505 e. The molecule has 3 aromatic rings. The first-order chi connectivity index (χ1) is 15.4. The molecule has 33 heavy (non-hydrogen) atoms. The first kappa shape index (κ1) is 24.1. The molecule has 1 heterocycles. The Balaban J connectivity index is 2.05. The average Bonchev–Trinajstić information content (AvgIpc) is 2.97.